The number of allylic oxidation sites excluding steroid dienone is 1. The quantitative estimate of drug-likeness (QED) is 0.273. The summed E-state index contributed by atoms with van der Waals surface area (Å²) in [6.45, 7) is 1.64. The summed E-state index contributed by atoms with van der Waals surface area (Å²) in [4.78, 5) is 27.9. The standard InChI is InChI=1S/C20H21F2N7O3S/c1-3-6-33(31,32)29-14-5-4-13(21)16(17(14)22)18(30)12-9-25-19-15(12)20(27-10-26-19)28-11(7-23)8-24-2/h4-5,7-10,29H,3,6,23H2,1-2H3,(H2,25,26,27,28)/b11-7+,24-8?. The average molecular weight is 477 g/mol. The van der Waals surface area contributed by atoms with E-state index in [0.717, 1.165) is 12.1 Å². The summed E-state index contributed by atoms with van der Waals surface area (Å²) in [5.74, 6) is -3.65. The minimum Gasteiger partial charge on any atom is -0.403 e. The van der Waals surface area contributed by atoms with Gasteiger partial charge in [0.15, 0.2) is 5.82 Å². The van der Waals surface area contributed by atoms with Crippen LogP contribution < -0.4 is 15.8 Å². The molecule has 3 aromatic rings. The Hall–Kier alpha value is -3.87. The molecule has 5 N–H and O–H groups in total. The fourth-order valence-corrected chi connectivity index (χ4v) is 4.22. The van der Waals surface area contributed by atoms with Crippen LogP contribution in [0.25, 0.3) is 11.0 Å². The zero-order chi connectivity index (χ0) is 24.2. The molecule has 174 valence electrons. The molecule has 1 aromatic carbocycles. The van der Waals surface area contributed by atoms with Crippen LogP contribution in [0.2, 0.25) is 0 Å². The number of anilines is 2. The number of aliphatic imine (C=N–C) groups is 1. The summed E-state index contributed by atoms with van der Waals surface area (Å²) in [6, 6.07) is 1.74. The van der Waals surface area contributed by atoms with Gasteiger partial charge in [-0.3, -0.25) is 14.5 Å². The number of nitrogens with one attached hydrogen (secondary N) is 3. The lowest BCUT2D eigenvalue weighted by Gasteiger charge is -2.12. The summed E-state index contributed by atoms with van der Waals surface area (Å²) in [5.41, 5.74) is 4.54. The van der Waals surface area contributed by atoms with Crippen molar-refractivity contribution in [1.29, 1.82) is 0 Å². The Morgan fingerprint density at radius 3 is 2.73 bits per heavy atom. The Morgan fingerprint density at radius 1 is 1.30 bits per heavy atom. The molecule has 0 saturated carbocycles. The fourth-order valence-electron chi connectivity index (χ4n) is 3.09. The van der Waals surface area contributed by atoms with E-state index in [4.69, 9.17) is 5.73 Å². The second kappa shape index (κ2) is 9.73. The summed E-state index contributed by atoms with van der Waals surface area (Å²) < 4.78 is 55.8. The van der Waals surface area contributed by atoms with Crippen molar-refractivity contribution in [3.05, 3.63) is 59.3 Å². The number of halogens is 2. The minimum absolute atomic E-state index is 0.135. The predicted molar refractivity (Wildman–Crippen MR) is 122 cm³/mol. The SMILES string of the molecule is CCCS(=O)(=O)Nc1ccc(F)c(C(=O)c2c[nH]c3ncnc(N/C(C=NC)=C/N)c23)c1F. The average Bonchev–Trinajstić information content (AvgIpc) is 3.20. The lowest BCUT2D eigenvalue weighted by molar-refractivity contribution is 0.103. The molecule has 0 fully saturated rings. The Bertz CT molecular complexity index is 1370. The third-order valence-electron chi connectivity index (χ3n) is 4.48. The van der Waals surface area contributed by atoms with Crippen molar-refractivity contribution in [3.63, 3.8) is 0 Å². The fraction of sp³-hybridized carbons (Fsp3) is 0.200. The van der Waals surface area contributed by atoms with Crippen LogP contribution in [0.4, 0.5) is 20.3 Å². The summed E-state index contributed by atoms with van der Waals surface area (Å²) in [6.07, 6.45) is 5.38. The first kappa shape index (κ1) is 23.8. The highest BCUT2D eigenvalue weighted by Gasteiger charge is 2.27. The molecule has 33 heavy (non-hydrogen) atoms. The molecule has 13 heteroatoms. The molecular formula is C20H21F2N7O3S. The molecule has 10 nitrogen and oxygen atoms in total. The van der Waals surface area contributed by atoms with E-state index in [1.165, 1.54) is 32.0 Å². The number of nitrogens with zero attached hydrogens (tertiary/aromatic N) is 3. The van der Waals surface area contributed by atoms with E-state index in [0.29, 0.717) is 5.70 Å². The highest BCUT2D eigenvalue weighted by molar-refractivity contribution is 7.92. The van der Waals surface area contributed by atoms with E-state index in [1.54, 1.807) is 6.92 Å². The number of rotatable bonds is 9. The van der Waals surface area contributed by atoms with E-state index < -0.39 is 38.7 Å². The highest BCUT2D eigenvalue weighted by Crippen LogP contribution is 2.30. The van der Waals surface area contributed by atoms with Gasteiger partial charge in [-0.25, -0.2) is 27.2 Å². The van der Waals surface area contributed by atoms with Crippen molar-refractivity contribution in [2.24, 2.45) is 10.7 Å². The van der Waals surface area contributed by atoms with Crippen LogP contribution in [0.3, 0.4) is 0 Å². The number of carbonyl (C=O) groups excluding carboxylic acids is 1. The third kappa shape index (κ3) is 4.98. The Kier molecular flexibility index (Phi) is 7.01. The summed E-state index contributed by atoms with van der Waals surface area (Å²) in [7, 11) is -2.34. The number of fused-ring (bicyclic) bond motifs is 1. The lowest BCUT2D eigenvalue weighted by atomic mass is 10.0. The number of hydrogen-bond donors (Lipinski definition) is 4. The van der Waals surface area contributed by atoms with Gasteiger partial charge in [0.2, 0.25) is 15.8 Å². The number of benzene rings is 1. The zero-order valence-electron chi connectivity index (χ0n) is 17.7. The van der Waals surface area contributed by atoms with Crippen LogP contribution in [0.5, 0.6) is 0 Å². The van der Waals surface area contributed by atoms with Crippen LogP contribution >= 0.6 is 0 Å². The van der Waals surface area contributed by atoms with Gasteiger partial charge in [-0.15, -0.1) is 0 Å². The van der Waals surface area contributed by atoms with Crippen LogP contribution in [-0.2, 0) is 10.0 Å². The van der Waals surface area contributed by atoms with Gasteiger partial charge in [-0.2, -0.15) is 0 Å². The van der Waals surface area contributed by atoms with Crippen molar-refractivity contribution in [2.75, 3.05) is 22.8 Å². The van der Waals surface area contributed by atoms with Gasteiger partial charge in [0, 0.05) is 25.7 Å². The molecule has 0 amide bonds. The molecule has 2 aromatic heterocycles. The third-order valence-corrected chi connectivity index (χ3v) is 5.96. The predicted octanol–water partition coefficient (Wildman–Crippen LogP) is 2.53. The lowest BCUT2D eigenvalue weighted by Crippen LogP contribution is -2.18. The van der Waals surface area contributed by atoms with Crippen molar-refractivity contribution < 1.29 is 22.0 Å². The molecule has 2 heterocycles. The van der Waals surface area contributed by atoms with Crippen LogP contribution in [0.1, 0.15) is 29.3 Å². The smallest absolute Gasteiger partial charge is 0.232 e. The van der Waals surface area contributed by atoms with Crippen molar-refractivity contribution in [1.82, 2.24) is 15.0 Å². The van der Waals surface area contributed by atoms with Gasteiger partial charge in [-0.1, -0.05) is 6.92 Å². The van der Waals surface area contributed by atoms with E-state index in [-0.39, 0.29) is 34.6 Å². The summed E-state index contributed by atoms with van der Waals surface area (Å²) in [5, 5.41) is 3.03. The number of hydrogen-bond acceptors (Lipinski definition) is 8. The van der Waals surface area contributed by atoms with Crippen molar-refractivity contribution in [3.8, 4) is 0 Å². The number of H-pyrrole nitrogens is 1. The van der Waals surface area contributed by atoms with Gasteiger partial charge in [0.1, 0.15) is 23.6 Å². The van der Waals surface area contributed by atoms with Gasteiger partial charge < -0.3 is 16.0 Å². The monoisotopic (exact) mass is 477 g/mol. The number of carbonyl (C=O) groups is 1. The molecule has 0 spiro atoms. The highest BCUT2D eigenvalue weighted by atomic mass is 32.2. The topological polar surface area (TPSA) is 155 Å². The first-order valence-corrected chi connectivity index (χ1v) is 11.3. The van der Waals surface area contributed by atoms with Crippen molar-refractivity contribution >= 4 is 44.6 Å². The maximum absolute atomic E-state index is 15.1. The Balaban J connectivity index is 2.11. The molecule has 0 bridgehead atoms. The number of aromatic amines is 1. The molecule has 3 rings (SSSR count). The second-order valence-corrected chi connectivity index (χ2v) is 8.66. The van der Waals surface area contributed by atoms with Gasteiger partial charge in [0.05, 0.1) is 33.7 Å². The summed E-state index contributed by atoms with van der Waals surface area (Å²) >= 11 is 0. The molecule has 0 saturated heterocycles. The van der Waals surface area contributed by atoms with Crippen LogP contribution in [0.15, 0.2) is 41.5 Å². The first-order valence-electron chi connectivity index (χ1n) is 9.68. The number of ketones is 1. The van der Waals surface area contributed by atoms with E-state index in [1.807, 2.05) is 4.72 Å². The number of aromatic nitrogens is 3. The second-order valence-electron chi connectivity index (χ2n) is 6.82. The Morgan fingerprint density at radius 2 is 2.06 bits per heavy atom. The molecule has 0 unspecified atom stereocenters. The number of sulfonamides is 1. The molecule has 0 aliphatic carbocycles. The molecular weight excluding hydrogens is 456 g/mol. The van der Waals surface area contributed by atoms with Gasteiger partial charge in [-0.05, 0) is 18.6 Å². The van der Waals surface area contributed by atoms with Crippen LogP contribution in [0, 0.1) is 11.6 Å². The van der Waals surface area contributed by atoms with E-state index in [2.05, 4.69) is 25.3 Å². The normalized spacial score (nSPS) is 12.4. The van der Waals surface area contributed by atoms with Crippen LogP contribution in [-0.4, -0.2) is 48.2 Å². The molecule has 0 aliphatic rings. The maximum atomic E-state index is 15.1. The zero-order valence-corrected chi connectivity index (χ0v) is 18.5. The largest absolute Gasteiger partial charge is 0.403 e. The number of nitrogens with two attached hydrogens (primary N) is 1. The van der Waals surface area contributed by atoms with E-state index >= 15 is 4.39 Å². The molecule has 0 radical (unpaired) electrons. The minimum atomic E-state index is -3.87. The van der Waals surface area contributed by atoms with Gasteiger partial charge in [0.25, 0.3) is 0 Å². The van der Waals surface area contributed by atoms with Gasteiger partial charge >= 0.3 is 0 Å². The molecule has 0 atom stereocenters. The van der Waals surface area contributed by atoms with Crippen molar-refractivity contribution in [2.45, 2.75) is 13.3 Å². The maximum Gasteiger partial charge on any atom is 0.232 e. The molecule has 0 aliphatic heterocycles. The van der Waals surface area contributed by atoms with E-state index in [9.17, 15) is 17.6 Å². The Labute approximate surface area is 188 Å². The first-order chi connectivity index (χ1) is 15.7.